The van der Waals surface area contributed by atoms with E-state index in [-0.39, 0.29) is 17.8 Å². The van der Waals surface area contributed by atoms with E-state index in [1.807, 2.05) is 0 Å². The first-order chi connectivity index (χ1) is 15.3. The van der Waals surface area contributed by atoms with Crippen LogP contribution >= 0.6 is 0 Å². The molecule has 1 N–H and O–H groups in total. The normalized spacial score (nSPS) is 12.7. The molecule has 2 rings (SSSR count). The molecule has 12 heteroatoms. The summed E-state index contributed by atoms with van der Waals surface area (Å²) < 4.78 is 78.7. The fraction of sp³-hybridized carbons (Fsp3) is 0.333. The molecule has 7 nitrogen and oxygen atoms in total. The van der Waals surface area contributed by atoms with Gasteiger partial charge in [-0.2, -0.15) is 13.2 Å². The lowest BCUT2D eigenvalue weighted by Crippen LogP contribution is -2.50. The second-order valence-corrected chi connectivity index (χ2v) is 9.13. The summed E-state index contributed by atoms with van der Waals surface area (Å²) >= 11 is 0. The number of benzene rings is 2. The second-order valence-electron chi connectivity index (χ2n) is 7.22. The van der Waals surface area contributed by atoms with E-state index in [4.69, 9.17) is 0 Å². The van der Waals surface area contributed by atoms with Gasteiger partial charge in [0.2, 0.25) is 21.8 Å². The van der Waals surface area contributed by atoms with E-state index >= 15 is 0 Å². The first kappa shape index (κ1) is 26.1. The van der Waals surface area contributed by atoms with Gasteiger partial charge in [-0.15, -0.1) is 0 Å². The zero-order chi connectivity index (χ0) is 25.0. The van der Waals surface area contributed by atoms with Crippen LogP contribution in [0.1, 0.15) is 18.1 Å². The Morgan fingerprint density at radius 3 is 2.27 bits per heavy atom. The van der Waals surface area contributed by atoms with Crippen molar-refractivity contribution in [1.29, 1.82) is 0 Å². The average molecular weight is 489 g/mol. The van der Waals surface area contributed by atoms with Crippen LogP contribution in [0, 0.1) is 5.82 Å². The van der Waals surface area contributed by atoms with Crippen LogP contribution in [0.3, 0.4) is 0 Å². The van der Waals surface area contributed by atoms with Gasteiger partial charge in [-0.1, -0.05) is 24.3 Å². The Kier molecular flexibility index (Phi) is 8.06. The Balaban J connectivity index is 2.45. The highest BCUT2D eigenvalue weighted by molar-refractivity contribution is 7.92. The minimum atomic E-state index is -4.73. The molecule has 0 fully saturated rings. The van der Waals surface area contributed by atoms with Crippen LogP contribution in [-0.2, 0) is 32.3 Å². The molecule has 0 spiro atoms. The van der Waals surface area contributed by atoms with Crippen molar-refractivity contribution < 1.29 is 35.6 Å². The van der Waals surface area contributed by atoms with Crippen LogP contribution in [-0.4, -0.2) is 51.0 Å². The number of carbonyl (C=O) groups excluding carboxylic acids is 2. The van der Waals surface area contributed by atoms with Crippen molar-refractivity contribution in [2.75, 3.05) is 24.2 Å². The molecule has 0 aromatic heterocycles. The van der Waals surface area contributed by atoms with Gasteiger partial charge in [0.1, 0.15) is 18.4 Å². The van der Waals surface area contributed by atoms with Gasteiger partial charge in [0, 0.05) is 19.2 Å². The lowest BCUT2D eigenvalue weighted by Gasteiger charge is -2.31. The Hall–Kier alpha value is -3.15. The number of rotatable bonds is 8. The molecular weight excluding hydrogens is 466 g/mol. The van der Waals surface area contributed by atoms with Crippen molar-refractivity contribution >= 4 is 27.5 Å². The minimum Gasteiger partial charge on any atom is -0.357 e. The maximum absolute atomic E-state index is 14.2. The number of amides is 2. The first-order valence-electron chi connectivity index (χ1n) is 9.65. The summed E-state index contributed by atoms with van der Waals surface area (Å²) in [5.74, 6) is -2.14. The highest BCUT2D eigenvalue weighted by Gasteiger charge is 2.33. The van der Waals surface area contributed by atoms with E-state index in [1.165, 1.54) is 32.2 Å². The van der Waals surface area contributed by atoms with Gasteiger partial charge in [0.15, 0.2) is 0 Å². The topological polar surface area (TPSA) is 86.8 Å². The largest absolute Gasteiger partial charge is 0.416 e. The van der Waals surface area contributed by atoms with Crippen molar-refractivity contribution in [1.82, 2.24) is 10.2 Å². The second kappa shape index (κ2) is 10.2. The number of carbonyl (C=O) groups is 2. The number of hydrogen-bond acceptors (Lipinski definition) is 4. The number of nitrogens with one attached hydrogen (secondary N) is 1. The van der Waals surface area contributed by atoms with Gasteiger partial charge >= 0.3 is 6.18 Å². The summed E-state index contributed by atoms with van der Waals surface area (Å²) in [5.41, 5.74) is -1.39. The van der Waals surface area contributed by atoms with E-state index in [0.717, 1.165) is 35.4 Å². The van der Waals surface area contributed by atoms with Gasteiger partial charge in [0.05, 0.1) is 17.5 Å². The van der Waals surface area contributed by atoms with Crippen molar-refractivity contribution in [2.45, 2.75) is 25.7 Å². The van der Waals surface area contributed by atoms with Crippen LogP contribution in [0.4, 0.5) is 23.2 Å². The van der Waals surface area contributed by atoms with Crippen molar-refractivity contribution in [3.05, 3.63) is 65.5 Å². The SMILES string of the molecule is CNC(=O)C(C)N(Cc1ccccc1F)C(=O)CN(c1cccc(C(F)(F)F)c1)S(C)(=O)=O. The monoisotopic (exact) mass is 489 g/mol. The number of nitrogens with zero attached hydrogens (tertiary/aromatic N) is 2. The van der Waals surface area contributed by atoms with Gasteiger partial charge in [0.25, 0.3) is 0 Å². The highest BCUT2D eigenvalue weighted by atomic mass is 32.2. The Labute approximate surface area is 189 Å². The summed E-state index contributed by atoms with van der Waals surface area (Å²) in [7, 11) is -2.87. The van der Waals surface area contributed by atoms with Gasteiger partial charge in [-0.3, -0.25) is 13.9 Å². The average Bonchev–Trinajstić information content (AvgIpc) is 2.74. The van der Waals surface area contributed by atoms with Gasteiger partial charge in [-0.25, -0.2) is 12.8 Å². The molecule has 0 saturated carbocycles. The predicted molar refractivity (Wildman–Crippen MR) is 114 cm³/mol. The summed E-state index contributed by atoms with van der Waals surface area (Å²) in [6.45, 7) is 0.114. The molecule has 0 radical (unpaired) electrons. The number of sulfonamides is 1. The molecule has 0 heterocycles. The van der Waals surface area contributed by atoms with E-state index in [1.54, 1.807) is 0 Å². The molecule has 1 atom stereocenters. The Morgan fingerprint density at radius 2 is 1.73 bits per heavy atom. The molecule has 2 aromatic carbocycles. The quantitative estimate of drug-likeness (QED) is 0.578. The molecule has 180 valence electrons. The Bertz CT molecular complexity index is 1120. The van der Waals surface area contributed by atoms with Gasteiger partial charge < -0.3 is 10.2 Å². The molecule has 0 aliphatic rings. The molecular formula is C21H23F4N3O4S. The molecule has 33 heavy (non-hydrogen) atoms. The van der Waals surface area contributed by atoms with Crippen LogP contribution < -0.4 is 9.62 Å². The molecule has 2 amide bonds. The smallest absolute Gasteiger partial charge is 0.357 e. The third-order valence-corrected chi connectivity index (χ3v) is 5.99. The number of alkyl halides is 3. The summed E-state index contributed by atoms with van der Waals surface area (Å²) in [4.78, 5) is 26.3. The van der Waals surface area contributed by atoms with E-state index in [9.17, 15) is 35.6 Å². The standard InChI is InChI=1S/C21H23F4N3O4S/c1-14(20(30)26-2)27(12-15-7-4-5-10-18(15)22)19(29)13-28(33(3,31)32)17-9-6-8-16(11-17)21(23,24)25/h4-11,14H,12-13H2,1-3H3,(H,26,30). The summed E-state index contributed by atoms with van der Waals surface area (Å²) in [5, 5.41) is 2.36. The molecule has 0 bridgehead atoms. The maximum Gasteiger partial charge on any atom is 0.416 e. The fourth-order valence-corrected chi connectivity index (χ4v) is 3.89. The van der Waals surface area contributed by atoms with Crippen LogP contribution in [0.5, 0.6) is 0 Å². The molecule has 0 aliphatic carbocycles. The molecule has 1 unspecified atom stereocenters. The number of likely N-dealkylation sites (N-methyl/N-ethyl adjacent to an activating group) is 1. The van der Waals surface area contributed by atoms with Crippen molar-refractivity contribution in [3.63, 3.8) is 0 Å². The molecule has 0 saturated heterocycles. The summed E-state index contributed by atoms with van der Waals surface area (Å²) in [6, 6.07) is 7.91. The predicted octanol–water partition coefficient (Wildman–Crippen LogP) is 2.77. The first-order valence-corrected chi connectivity index (χ1v) is 11.5. The van der Waals surface area contributed by atoms with Gasteiger partial charge in [-0.05, 0) is 31.2 Å². The van der Waals surface area contributed by atoms with Crippen molar-refractivity contribution in [2.24, 2.45) is 0 Å². The van der Waals surface area contributed by atoms with E-state index < -0.39 is 52.0 Å². The molecule has 2 aromatic rings. The minimum absolute atomic E-state index is 0.0755. The zero-order valence-electron chi connectivity index (χ0n) is 18.1. The molecule has 0 aliphatic heterocycles. The lowest BCUT2D eigenvalue weighted by molar-refractivity contribution is -0.139. The third-order valence-electron chi connectivity index (χ3n) is 4.85. The van der Waals surface area contributed by atoms with Crippen LogP contribution in [0.15, 0.2) is 48.5 Å². The van der Waals surface area contributed by atoms with Crippen molar-refractivity contribution in [3.8, 4) is 0 Å². The Morgan fingerprint density at radius 1 is 1.09 bits per heavy atom. The summed E-state index contributed by atoms with van der Waals surface area (Å²) in [6.07, 6.45) is -3.99. The zero-order valence-corrected chi connectivity index (χ0v) is 18.9. The third kappa shape index (κ3) is 6.67. The number of halogens is 4. The lowest BCUT2D eigenvalue weighted by atomic mass is 10.1. The fourth-order valence-electron chi connectivity index (χ4n) is 3.05. The highest BCUT2D eigenvalue weighted by Crippen LogP contribution is 2.32. The van der Waals surface area contributed by atoms with Crippen LogP contribution in [0.25, 0.3) is 0 Å². The van der Waals surface area contributed by atoms with E-state index in [2.05, 4.69) is 5.32 Å². The maximum atomic E-state index is 14.2. The van der Waals surface area contributed by atoms with Crippen LogP contribution in [0.2, 0.25) is 0 Å². The van der Waals surface area contributed by atoms with E-state index in [0.29, 0.717) is 10.4 Å². The number of hydrogen-bond donors (Lipinski definition) is 1. The number of anilines is 1.